The van der Waals surface area contributed by atoms with Crippen LogP contribution in [0, 0.1) is 17.8 Å². The molecule has 4 atom stereocenters. The molecule has 0 spiro atoms. The SMILES string of the molecule is CC(C)C[C@H](NC(=O)NC1CCC(C)CC1C)C(=O)O. The highest BCUT2D eigenvalue weighted by atomic mass is 16.4. The van der Waals surface area contributed by atoms with Gasteiger partial charge in [-0.25, -0.2) is 9.59 Å². The predicted molar refractivity (Wildman–Crippen MR) is 78.5 cm³/mol. The van der Waals surface area contributed by atoms with Crippen LogP contribution in [0.2, 0.25) is 0 Å². The molecule has 1 aliphatic rings. The van der Waals surface area contributed by atoms with Gasteiger partial charge in [0.05, 0.1) is 0 Å². The van der Waals surface area contributed by atoms with Crippen molar-refractivity contribution in [2.24, 2.45) is 17.8 Å². The van der Waals surface area contributed by atoms with E-state index in [-0.39, 0.29) is 18.0 Å². The number of hydrogen-bond donors (Lipinski definition) is 3. The summed E-state index contributed by atoms with van der Waals surface area (Å²) in [6.45, 7) is 8.26. The Balaban J connectivity index is 2.47. The smallest absolute Gasteiger partial charge is 0.326 e. The first kappa shape index (κ1) is 16.8. The first-order valence-corrected chi connectivity index (χ1v) is 7.59. The Kier molecular flexibility index (Phi) is 6.30. The Hall–Kier alpha value is -1.26. The summed E-state index contributed by atoms with van der Waals surface area (Å²) < 4.78 is 0. The van der Waals surface area contributed by atoms with Gasteiger partial charge in [0.25, 0.3) is 0 Å². The minimum absolute atomic E-state index is 0.152. The first-order chi connectivity index (χ1) is 9.29. The number of carbonyl (C=O) groups is 2. The summed E-state index contributed by atoms with van der Waals surface area (Å²) in [5, 5.41) is 14.6. The van der Waals surface area contributed by atoms with Crippen LogP contribution in [0.15, 0.2) is 0 Å². The van der Waals surface area contributed by atoms with Crippen LogP contribution in [0.3, 0.4) is 0 Å². The predicted octanol–water partition coefficient (Wildman–Crippen LogP) is 2.61. The number of amides is 2. The van der Waals surface area contributed by atoms with Crippen LogP contribution in [0.25, 0.3) is 0 Å². The molecule has 0 aromatic rings. The number of rotatable bonds is 5. The number of carboxylic acids is 1. The van der Waals surface area contributed by atoms with Crippen LogP contribution in [0.5, 0.6) is 0 Å². The Morgan fingerprint density at radius 1 is 1.25 bits per heavy atom. The van der Waals surface area contributed by atoms with E-state index in [1.54, 1.807) is 0 Å². The monoisotopic (exact) mass is 284 g/mol. The van der Waals surface area contributed by atoms with Crippen LogP contribution in [-0.4, -0.2) is 29.2 Å². The molecule has 0 aromatic carbocycles. The number of urea groups is 1. The fourth-order valence-electron chi connectivity index (χ4n) is 2.94. The summed E-state index contributed by atoms with van der Waals surface area (Å²) in [7, 11) is 0. The highest BCUT2D eigenvalue weighted by molar-refractivity contribution is 5.82. The second-order valence-corrected chi connectivity index (χ2v) is 6.64. The molecule has 0 aliphatic heterocycles. The van der Waals surface area contributed by atoms with Crippen molar-refractivity contribution in [3.63, 3.8) is 0 Å². The van der Waals surface area contributed by atoms with Crippen molar-refractivity contribution in [1.29, 1.82) is 0 Å². The van der Waals surface area contributed by atoms with E-state index in [2.05, 4.69) is 24.5 Å². The minimum atomic E-state index is -0.973. The molecule has 5 nitrogen and oxygen atoms in total. The van der Waals surface area contributed by atoms with E-state index in [0.717, 1.165) is 19.3 Å². The summed E-state index contributed by atoms with van der Waals surface area (Å²) in [6.07, 6.45) is 3.64. The molecule has 5 heteroatoms. The maximum atomic E-state index is 11.9. The van der Waals surface area contributed by atoms with Gasteiger partial charge in [0.2, 0.25) is 0 Å². The van der Waals surface area contributed by atoms with Gasteiger partial charge >= 0.3 is 12.0 Å². The van der Waals surface area contributed by atoms with Crippen molar-refractivity contribution >= 4 is 12.0 Å². The van der Waals surface area contributed by atoms with E-state index < -0.39 is 12.0 Å². The average molecular weight is 284 g/mol. The van der Waals surface area contributed by atoms with Crippen LogP contribution < -0.4 is 10.6 Å². The number of nitrogens with one attached hydrogen (secondary N) is 2. The molecule has 0 bridgehead atoms. The Labute approximate surface area is 121 Å². The van der Waals surface area contributed by atoms with Gasteiger partial charge in [-0.1, -0.05) is 27.7 Å². The van der Waals surface area contributed by atoms with Gasteiger partial charge in [-0.05, 0) is 43.4 Å². The minimum Gasteiger partial charge on any atom is -0.480 e. The van der Waals surface area contributed by atoms with Gasteiger partial charge in [0.15, 0.2) is 0 Å². The lowest BCUT2D eigenvalue weighted by Gasteiger charge is -2.33. The maximum Gasteiger partial charge on any atom is 0.326 e. The number of carbonyl (C=O) groups excluding carboxylic acids is 1. The molecule has 0 radical (unpaired) electrons. The Morgan fingerprint density at radius 3 is 2.40 bits per heavy atom. The molecule has 1 fully saturated rings. The molecule has 0 saturated heterocycles. The lowest BCUT2D eigenvalue weighted by molar-refractivity contribution is -0.139. The Bertz CT molecular complexity index is 344. The van der Waals surface area contributed by atoms with E-state index in [1.165, 1.54) is 0 Å². The number of hydrogen-bond acceptors (Lipinski definition) is 2. The average Bonchev–Trinajstić information content (AvgIpc) is 2.31. The molecular weight excluding hydrogens is 256 g/mol. The highest BCUT2D eigenvalue weighted by Crippen LogP contribution is 2.28. The molecule has 116 valence electrons. The molecule has 0 heterocycles. The van der Waals surface area contributed by atoms with E-state index in [0.29, 0.717) is 18.3 Å². The topological polar surface area (TPSA) is 78.4 Å². The van der Waals surface area contributed by atoms with Crippen molar-refractivity contribution < 1.29 is 14.7 Å². The quantitative estimate of drug-likeness (QED) is 0.726. The van der Waals surface area contributed by atoms with Crippen LogP contribution in [0.4, 0.5) is 4.79 Å². The molecule has 1 rings (SSSR count). The molecule has 3 unspecified atom stereocenters. The summed E-state index contributed by atoms with van der Waals surface area (Å²) >= 11 is 0. The van der Waals surface area contributed by atoms with E-state index in [9.17, 15) is 9.59 Å². The largest absolute Gasteiger partial charge is 0.480 e. The number of aliphatic carboxylic acids is 1. The first-order valence-electron chi connectivity index (χ1n) is 7.59. The Morgan fingerprint density at radius 2 is 1.90 bits per heavy atom. The second-order valence-electron chi connectivity index (χ2n) is 6.64. The third-order valence-corrected chi connectivity index (χ3v) is 4.06. The number of carboxylic acid groups (broad SMARTS) is 1. The van der Waals surface area contributed by atoms with Crippen molar-refractivity contribution in [2.45, 2.75) is 65.5 Å². The van der Waals surface area contributed by atoms with E-state index in [4.69, 9.17) is 5.11 Å². The van der Waals surface area contributed by atoms with Gasteiger partial charge in [-0.2, -0.15) is 0 Å². The zero-order valence-electron chi connectivity index (χ0n) is 13.0. The second kappa shape index (κ2) is 7.50. The lowest BCUT2D eigenvalue weighted by Crippen LogP contribution is -2.51. The molecule has 3 N–H and O–H groups in total. The summed E-state index contributed by atoms with van der Waals surface area (Å²) in [5.74, 6) is 0.404. The van der Waals surface area contributed by atoms with Gasteiger partial charge in [0, 0.05) is 6.04 Å². The normalized spacial score (nSPS) is 27.9. The van der Waals surface area contributed by atoms with E-state index >= 15 is 0 Å². The van der Waals surface area contributed by atoms with Crippen LogP contribution in [0.1, 0.15) is 53.4 Å². The third kappa shape index (κ3) is 5.39. The zero-order chi connectivity index (χ0) is 15.3. The van der Waals surface area contributed by atoms with Crippen molar-refractivity contribution in [1.82, 2.24) is 10.6 Å². The van der Waals surface area contributed by atoms with Crippen LogP contribution in [-0.2, 0) is 4.79 Å². The van der Waals surface area contributed by atoms with Gasteiger partial charge in [-0.15, -0.1) is 0 Å². The van der Waals surface area contributed by atoms with Crippen LogP contribution >= 0.6 is 0 Å². The maximum absolute atomic E-state index is 11.9. The molecule has 1 saturated carbocycles. The fourth-order valence-corrected chi connectivity index (χ4v) is 2.94. The summed E-state index contributed by atoms with van der Waals surface area (Å²) in [6, 6.07) is -1.02. The van der Waals surface area contributed by atoms with Gasteiger partial charge in [0.1, 0.15) is 6.04 Å². The van der Waals surface area contributed by atoms with Crippen molar-refractivity contribution in [2.75, 3.05) is 0 Å². The molecule has 2 amide bonds. The molecular formula is C15H28N2O3. The fraction of sp³-hybridized carbons (Fsp3) is 0.867. The lowest BCUT2D eigenvalue weighted by atomic mass is 9.80. The zero-order valence-corrected chi connectivity index (χ0v) is 13.0. The molecule has 1 aliphatic carbocycles. The summed E-state index contributed by atoms with van der Waals surface area (Å²) in [5.41, 5.74) is 0. The third-order valence-electron chi connectivity index (χ3n) is 4.06. The summed E-state index contributed by atoms with van der Waals surface area (Å²) in [4.78, 5) is 23.1. The molecule has 20 heavy (non-hydrogen) atoms. The standard InChI is InChI=1S/C15H28N2O3/c1-9(2)7-13(14(18)19)17-15(20)16-12-6-5-10(3)8-11(12)4/h9-13H,5-8H2,1-4H3,(H,18,19)(H2,16,17,20)/t10?,11?,12?,13-/m0/s1. The van der Waals surface area contributed by atoms with Gasteiger partial charge in [-0.3, -0.25) is 0 Å². The van der Waals surface area contributed by atoms with E-state index in [1.807, 2.05) is 13.8 Å². The van der Waals surface area contributed by atoms with Crippen molar-refractivity contribution in [3.8, 4) is 0 Å². The van der Waals surface area contributed by atoms with Gasteiger partial charge < -0.3 is 15.7 Å². The van der Waals surface area contributed by atoms with Crippen molar-refractivity contribution in [3.05, 3.63) is 0 Å². The molecule has 0 aromatic heterocycles. The highest BCUT2D eigenvalue weighted by Gasteiger charge is 2.28.